The van der Waals surface area contributed by atoms with Crippen molar-refractivity contribution in [3.05, 3.63) is 36.4 Å². The number of pyridine rings is 1. The SMILES string of the molecule is CCOc1nc(Nc2cccc(N(C)C)c2)ccc1N. The fraction of sp³-hybridized carbons (Fsp3) is 0.267. The first-order valence-corrected chi connectivity index (χ1v) is 6.54. The molecule has 1 aromatic heterocycles. The summed E-state index contributed by atoms with van der Waals surface area (Å²) in [4.78, 5) is 6.41. The van der Waals surface area contributed by atoms with E-state index in [1.165, 1.54) is 0 Å². The zero-order valence-electron chi connectivity index (χ0n) is 12.1. The van der Waals surface area contributed by atoms with Crippen molar-refractivity contribution in [2.75, 3.05) is 36.7 Å². The number of rotatable bonds is 5. The van der Waals surface area contributed by atoms with Gasteiger partial charge in [0.25, 0.3) is 0 Å². The van der Waals surface area contributed by atoms with Crippen LogP contribution >= 0.6 is 0 Å². The number of nitrogens with one attached hydrogen (secondary N) is 1. The molecule has 0 radical (unpaired) electrons. The molecular weight excluding hydrogens is 252 g/mol. The molecule has 0 unspecified atom stereocenters. The molecule has 0 bridgehead atoms. The van der Waals surface area contributed by atoms with Crippen molar-refractivity contribution in [2.45, 2.75) is 6.92 Å². The van der Waals surface area contributed by atoms with Crippen LogP contribution in [0.1, 0.15) is 6.92 Å². The van der Waals surface area contributed by atoms with Crippen LogP contribution in [0.2, 0.25) is 0 Å². The Morgan fingerprint density at radius 1 is 1.25 bits per heavy atom. The zero-order chi connectivity index (χ0) is 14.5. The van der Waals surface area contributed by atoms with Crippen molar-refractivity contribution in [1.29, 1.82) is 0 Å². The van der Waals surface area contributed by atoms with Crippen LogP contribution in [0.5, 0.6) is 5.88 Å². The molecule has 0 aliphatic carbocycles. The van der Waals surface area contributed by atoms with Crippen LogP contribution < -0.4 is 20.7 Å². The van der Waals surface area contributed by atoms with Gasteiger partial charge in [0, 0.05) is 25.5 Å². The zero-order valence-corrected chi connectivity index (χ0v) is 12.1. The normalized spacial score (nSPS) is 10.2. The molecule has 0 saturated carbocycles. The highest BCUT2D eigenvalue weighted by Gasteiger charge is 2.05. The van der Waals surface area contributed by atoms with Crippen molar-refractivity contribution in [2.24, 2.45) is 0 Å². The third-order valence-electron chi connectivity index (χ3n) is 2.81. The first-order chi connectivity index (χ1) is 9.60. The molecule has 0 saturated heterocycles. The van der Waals surface area contributed by atoms with E-state index in [0.717, 1.165) is 11.4 Å². The Balaban J connectivity index is 2.21. The average Bonchev–Trinajstić information content (AvgIpc) is 2.43. The minimum atomic E-state index is 0.460. The van der Waals surface area contributed by atoms with E-state index in [0.29, 0.717) is 24.0 Å². The number of nitrogens with two attached hydrogens (primary N) is 1. The van der Waals surface area contributed by atoms with E-state index in [1.807, 2.05) is 50.2 Å². The number of anilines is 4. The van der Waals surface area contributed by atoms with Crippen molar-refractivity contribution < 1.29 is 4.74 Å². The van der Waals surface area contributed by atoms with Gasteiger partial charge < -0.3 is 20.7 Å². The van der Waals surface area contributed by atoms with Gasteiger partial charge in [-0.1, -0.05) is 6.07 Å². The largest absolute Gasteiger partial charge is 0.476 e. The topological polar surface area (TPSA) is 63.4 Å². The molecule has 2 aromatic rings. The minimum absolute atomic E-state index is 0.460. The number of benzene rings is 1. The van der Waals surface area contributed by atoms with Crippen molar-refractivity contribution in [3.63, 3.8) is 0 Å². The minimum Gasteiger partial charge on any atom is -0.476 e. The Morgan fingerprint density at radius 2 is 2.05 bits per heavy atom. The highest BCUT2D eigenvalue weighted by atomic mass is 16.5. The maximum Gasteiger partial charge on any atom is 0.239 e. The van der Waals surface area contributed by atoms with Crippen molar-refractivity contribution >= 4 is 22.9 Å². The molecule has 0 amide bonds. The third-order valence-corrected chi connectivity index (χ3v) is 2.81. The smallest absolute Gasteiger partial charge is 0.239 e. The van der Waals surface area contributed by atoms with E-state index in [1.54, 1.807) is 6.07 Å². The number of hydrogen-bond acceptors (Lipinski definition) is 5. The molecule has 1 aromatic carbocycles. The number of nitrogens with zero attached hydrogens (tertiary/aromatic N) is 2. The quantitative estimate of drug-likeness (QED) is 0.876. The van der Waals surface area contributed by atoms with Crippen LogP contribution in [0.15, 0.2) is 36.4 Å². The van der Waals surface area contributed by atoms with E-state index in [2.05, 4.69) is 16.4 Å². The Hall–Kier alpha value is -2.43. The van der Waals surface area contributed by atoms with E-state index >= 15 is 0 Å². The van der Waals surface area contributed by atoms with Gasteiger partial charge in [-0.3, -0.25) is 0 Å². The second kappa shape index (κ2) is 6.14. The predicted octanol–water partition coefficient (Wildman–Crippen LogP) is 2.87. The van der Waals surface area contributed by atoms with Gasteiger partial charge in [0.15, 0.2) is 0 Å². The number of hydrogen-bond donors (Lipinski definition) is 2. The van der Waals surface area contributed by atoms with Crippen LogP contribution in [-0.4, -0.2) is 25.7 Å². The molecule has 0 aliphatic rings. The molecule has 0 spiro atoms. The summed E-state index contributed by atoms with van der Waals surface area (Å²) >= 11 is 0. The van der Waals surface area contributed by atoms with E-state index in [4.69, 9.17) is 10.5 Å². The van der Waals surface area contributed by atoms with E-state index in [9.17, 15) is 0 Å². The number of nitrogen functional groups attached to an aromatic ring is 1. The molecule has 0 aliphatic heterocycles. The number of aromatic nitrogens is 1. The standard InChI is InChI=1S/C15H20N4O/c1-4-20-15-13(16)8-9-14(18-15)17-11-6-5-7-12(10-11)19(2)3/h5-10H,4,16H2,1-3H3,(H,17,18). The third kappa shape index (κ3) is 3.32. The summed E-state index contributed by atoms with van der Waals surface area (Å²) in [6, 6.07) is 11.7. The van der Waals surface area contributed by atoms with Gasteiger partial charge in [-0.05, 0) is 37.3 Å². The lowest BCUT2D eigenvalue weighted by atomic mass is 10.2. The fourth-order valence-corrected chi connectivity index (χ4v) is 1.78. The van der Waals surface area contributed by atoms with Crippen LogP contribution in [0.4, 0.5) is 22.9 Å². The Kier molecular flexibility index (Phi) is 4.30. The Bertz CT molecular complexity index is 584. The molecule has 106 valence electrons. The van der Waals surface area contributed by atoms with Gasteiger partial charge in [0.2, 0.25) is 5.88 Å². The monoisotopic (exact) mass is 272 g/mol. The summed E-state index contributed by atoms with van der Waals surface area (Å²) in [7, 11) is 4.02. The van der Waals surface area contributed by atoms with Crippen LogP contribution in [-0.2, 0) is 0 Å². The van der Waals surface area contributed by atoms with Gasteiger partial charge in [-0.25, -0.2) is 0 Å². The Morgan fingerprint density at radius 3 is 2.75 bits per heavy atom. The molecule has 0 atom stereocenters. The maximum atomic E-state index is 5.81. The first kappa shape index (κ1) is 14.0. The molecule has 5 heteroatoms. The van der Waals surface area contributed by atoms with Gasteiger partial charge >= 0.3 is 0 Å². The van der Waals surface area contributed by atoms with Crippen LogP contribution in [0.3, 0.4) is 0 Å². The summed E-state index contributed by atoms with van der Waals surface area (Å²) in [5.41, 5.74) is 8.44. The summed E-state index contributed by atoms with van der Waals surface area (Å²) < 4.78 is 5.39. The molecular formula is C15H20N4O. The summed E-state index contributed by atoms with van der Waals surface area (Å²) in [6.45, 7) is 2.44. The van der Waals surface area contributed by atoms with Crippen molar-refractivity contribution in [3.8, 4) is 5.88 Å². The predicted molar refractivity (Wildman–Crippen MR) is 83.9 cm³/mol. The molecule has 0 fully saturated rings. The second-order valence-electron chi connectivity index (χ2n) is 4.59. The Labute approximate surface area is 119 Å². The van der Waals surface area contributed by atoms with E-state index < -0.39 is 0 Å². The maximum absolute atomic E-state index is 5.81. The molecule has 3 N–H and O–H groups in total. The lowest BCUT2D eigenvalue weighted by molar-refractivity contribution is 0.329. The lowest BCUT2D eigenvalue weighted by Gasteiger charge is -2.14. The molecule has 1 heterocycles. The van der Waals surface area contributed by atoms with Gasteiger partial charge in [-0.15, -0.1) is 0 Å². The highest BCUT2D eigenvalue weighted by molar-refractivity contribution is 5.64. The van der Waals surface area contributed by atoms with Gasteiger partial charge in [-0.2, -0.15) is 4.98 Å². The van der Waals surface area contributed by atoms with Crippen molar-refractivity contribution in [1.82, 2.24) is 4.98 Å². The first-order valence-electron chi connectivity index (χ1n) is 6.54. The van der Waals surface area contributed by atoms with Gasteiger partial charge in [0.05, 0.1) is 12.3 Å². The summed E-state index contributed by atoms with van der Waals surface area (Å²) in [5.74, 6) is 1.17. The average molecular weight is 272 g/mol. The lowest BCUT2D eigenvalue weighted by Crippen LogP contribution is -2.08. The second-order valence-corrected chi connectivity index (χ2v) is 4.59. The van der Waals surface area contributed by atoms with Crippen LogP contribution in [0, 0.1) is 0 Å². The highest BCUT2D eigenvalue weighted by Crippen LogP contribution is 2.24. The molecule has 2 rings (SSSR count). The summed E-state index contributed by atoms with van der Waals surface area (Å²) in [5, 5.41) is 3.25. The molecule has 5 nitrogen and oxygen atoms in total. The van der Waals surface area contributed by atoms with E-state index in [-0.39, 0.29) is 0 Å². The van der Waals surface area contributed by atoms with Crippen LogP contribution in [0.25, 0.3) is 0 Å². The van der Waals surface area contributed by atoms with Gasteiger partial charge in [0.1, 0.15) is 5.82 Å². The number of ether oxygens (including phenoxy) is 1. The molecule has 20 heavy (non-hydrogen) atoms. The fourth-order valence-electron chi connectivity index (χ4n) is 1.78. The summed E-state index contributed by atoms with van der Waals surface area (Å²) in [6.07, 6.45) is 0.